The van der Waals surface area contributed by atoms with E-state index < -0.39 is 36.2 Å². The minimum Gasteiger partial charge on any atom is -0.490 e. The molecular formula is C24H24N2O7S. The van der Waals surface area contributed by atoms with E-state index in [1.54, 1.807) is 25.1 Å². The first-order valence-electron chi connectivity index (χ1n) is 10.4. The van der Waals surface area contributed by atoms with E-state index in [4.69, 9.17) is 14.6 Å². The molecule has 0 saturated carbocycles. The lowest BCUT2D eigenvalue weighted by atomic mass is 10.1. The third-order valence-corrected chi connectivity index (χ3v) is 5.79. The highest BCUT2D eigenvalue weighted by molar-refractivity contribution is 8.18. The highest BCUT2D eigenvalue weighted by atomic mass is 32.2. The van der Waals surface area contributed by atoms with Gasteiger partial charge in [-0.25, -0.2) is 4.79 Å². The zero-order valence-corrected chi connectivity index (χ0v) is 19.7. The third kappa shape index (κ3) is 6.16. The number of hydrogen-bond donors (Lipinski definition) is 2. The monoisotopic (exact) mass is 484 g/mol. The molecule has 0 spiro atoms. The van der Waals surface area contributed by atoms with Crippen molar-refractivity contribution < 1.29 is 33.8 Å². The first-order chi connectivity index (χ1) is 16.2. The summed E-state index contributed by atoms with van der Waals surface area (Å²) in [7, 11) is 0. The predicted octanol–water partition coefficient (Wildman–Crippen LogP) is 3.84. The zero-order chi connectivity index (χ0) is 24.8. The van der Waals surface area contributed by atoms with E-state index in [0.717, 1.165) is 27.8 Å². The molecule has 2 N–H and O–H groups in total. The summed E-state index contributed by atoms with van der Waals surface area (Å²) in [5, 5.41) is 11.0. The number of thioether (sulfide) groups is 1. The van der Waals surface area contributed by atoms with Gasteiger partial charge < -0.3 is 19.9 Å². The Labute approximate surface area is 200 Å². The molecule has 0 radical (unpaired) electrons. The number of rotatable bonds is 9. The van der Waals surface area contributed by atoms with Crippen molar-refractivity contribution in [1.82, 2.24) is 4.90 Å². The molecule has 178 valence electrons. The van der Waals surface area contributed by atoms with Crippen LogP contribution in [-0.4, -0.2) is 52.8 Å². The van der Waals surface area contributed by atoms with Gasteiger partial charge in [-0.3, -0.25) is 19.3 Å². The maximum Gasteiger partial charge on any atom is 0.341 e. The van der Waals surface area contributed by atoms with Crippen LogP contribution >= 0.6 is 11.8 Å². The van der Waals surface area contributed by atoms with E-state index in [1.165, 1.54) is 12.1 Å². The average molecular weight is 485 g/mol. The van der Waals surface area contributed by atoms with Gasteiger partial charge in [0.2, 0.25) is 5.91 Å². The minimum atomic E-state index is -1.12. The van der Waals surface area contributed by atoms with E-state index in [-0.39, 0.29) is 10.7 Å². The first-order valence-corrected chi connectivity index (χ1v) is 11.2. The number of imide groups is 1. The molecule has 0 bridgehead atoms. The molecule has 1 saturated heterocycles. The molecule has 0 unspecified atom stereocenters. The zero-order valence-electron chi connectivity index (χ0n) is 18.9. The summed E-state index contributed by atoms with van der Waals surface area (Å²) in [6.07, 6.45) is 1.51. The smallest absolute Gasteiger partial charge is 0.341 e. The number of amides is 3. The lowest BCUT2D eigenvalue weighted by molar-refractivity contribution is -0.139. The SMILES string of the molecule is CCOc1cc(/C=C2/SC(=O)N(CC(=O)Nc3ccc(C)c(C)c3)C2=O)ccc1OCC(=O)O. The third-order valence-electron chi connectivity index (χ3n) is 4.88. The Morgan fingerprint density at radius 2 is 1.82 bits per heavy atom. The van der Waals surface area contributed by atoms with E-state index >= 15 is 0 Å². The van der Waals surface area contributed by atoms with Crippen LogP contribution in [0, 0.1) is 13.8 Å². The fraction of sp³-hybridized carbons (Fsp3) is 0.250. The van der Waals surface area contributed by atoms with Crippen LogP contribution in [0.15, 0.2) is 41.3 Å². The number of carbonyl (C=O) groups is 4. The van der Waals surface area contributed by atoms with E-state index in [0.29, 0.717) is 23.6 Å². The van der Waals surface area contributed by atoms with Gasteiger partial charge in [-0.15, -0.1) is 0 Å². The number of aryl methyl sites for hydroxylation is 2. The van der Waals surface area contributed by atoms with E-state index in [9.17, 15) is 19.2 Å². The molecule has 1 aliphatic heterocycles. The van der Waals surface area contributed by atoms with Gasteiger partial charge in [0.05, 0.1) is 11.5 Å². The van der Waals surface area contributed by atoms with Crippen LogP contribution in [0.3, 0.4) is 0 Å². The normalized spacial score (nSPS) is 14.4. The molecule has 1 heterocycles. The van der Waals surface area contributed by atoms with Crippen molar-refractivity contribution in [1.29, 1.82) is 0 Å². The van der Waals surface area contributed by atoms with Crippen LogP contribution in [-0.2, 0) is 14.4 Å². The second-order valence-corrected chi connectivity index (χ2v) is 8.43. The number of benzene rings is 2. The Kier molecular flexibility index (Phi) is 7.95. The Morgan fingerprint density at radius 1 is 1.06 bits per heavy atom. The number of aliphatic carboxylic acids is 1. The van der Waals surface area contributed by atoms with Gasteiger partial charge in [0.25, 0.3) is 11.1 Å². The molecule has 34 heavy (non-hydrogen) atoms. The molecule has 0 aliphatic carbocycles. The van der Waals surface area contributed by atoms with Crippen LogP contribution in [0.4, 0.5) is 10.5 Å². The molecular weight excluding hydrogens is 460 g/mol. The highest BCUT2D eigenvalue weighted by Crippen LogP contribution is 2.34. The van der Waals surface area contributed by atoms with Crippen molar-refractivity contribution in [2.75, 3.05) is 25.1 Å². The summed E-state index contributed by atoms with van der Waals surface area (Å²) >= 11 is 0.736. The fourth-order valence-electron chi connectivity index (χ4n) is 3.09. The van der Waals surface area contributed by atoms with Crippen LogP contribution < -0.4 is 14.8 Å². The van der Waals surface area contributed by atoms with Gasteiger partial charge in [-0.1, -0.05) is 12.1 Å². The van der Waals surface area contributed by atoms with E-state index in [2.05, 4.69) is 5.32 Å². The predicted molar refractivity (Wildman–Crippen MR) is 128 cm³/mol. The lowest BCUT2D eigenvalue weighted by Crippen LogP contribution is -2.36. The lowest BCUT2D eigenvalue weighted by Gasteiger charge is -2.13. The number of carboxylic acids is 1. The summed E-state index contributed by atoms with van der Waals surface area (Å²) < 4.78 is 10.7. The number of anilines is 1. The molecule has 3 amide bonds. The van der Waals surface area contributed by atoms with Crippen LogP contribution in [0.2, 0.25) is 0 Å². The summed E-state index contributed by atoms with van der Waals surface area (Å²) in [4.78, 5) is 49.4. The molecule has 1 fully saturated rings. The standard InChI is InChI=1S/C24H24N2O7S/c1-4-32-19-10-16(6-8-18(19)33-13-22(28)29)11-20-23(30)26(24(31)34-20)12-21(27)25-17-7-5-14(2)15(3)9-17/h5-11H,4,12-13H2,1-3H3,(H,25,27)(H,28,29)/b20-11+. The highest BCUT2D eigenvalue weighted by Gasteiger charge is 2.36. The van der Waals surface area contributed by atoms with Crippen LogP contribution in [0.5, 0.6) is 11.5 Å². The maximum absolute atomic E-state index is 12.8. The fourth-order valence-corrected chi connectivity index (χ4v) is 3.93. The number of nitrogens with zero attached hydrogens (tertiary/aromatic N) is 1. The Hall–Kier alpha value is -3.79. The van der Waals surface area contributed by atoms with E-state index in [1.807, 2.05) is 26.0 Å². The molecule has 2 aromatic carbocycles. The maximum atomic E-state index is 12.8. The second kappa shape index (κ2) is 10.9. The number of ether oxygens (including phenoxy) is 2. The van der Waals surface area contributed by atoms with Gasteiger partial charge in [0.1, 0.15) is 6.54 Å². The van der Waals surface area contributed by atoms with Crippen molar-refractivity contribution in [3.05, 3.63) is 58.0 Å². The first kappa shape index (κ1) is 24.8. The van der Waals surface area contributed by atoms with Gasteiger partial charge in [0, 0.05) is 5.69 Å². The molecule has 0 atom stereocenters. The largest absolute Gasteiger partial charge is 0.490 e. The summed E-state index contributed by atoms with van der Waals surface area (Å²) in [5.74, 6) is -1.62. The quantitative estimate of drug-likeness (QED) is 0.515. The Morgan fingerprint density at radius 3 is 2.50 bits per heavy atom. The van der Waals surface area contributed by atoms with Gasteiger partial charge in [-0.05, 0) is 79.6 Å². The van der Waals surface area contributed by atoms with Gasteiger partial charge in [-0.2, -0.15) is 0 Å². The van der Waals surface area contributed by atoms with Gasteiger partial charge >= 0.3 is 5.97 Å². The molecule has 10 heteroatoms. The summed E-state index contributed by atoms with van der Waals surface area (Å²) in [6.45, 7) is 5.04. The molecule has 3 rings (SSSR count). The van der Waals surface area contributed by atoms with Gasteiger partial charge in [0.15, 0.2) is 18.1 Å². The van der Waals surface area contributed by atoms with Crippen molar-refractivity contribution >= 4 is 46.5 Å². The van der Waals surface area contributed by atoms with Crippen molar-refractivity contribution in [3.63, 3.8) is 0 Å². The molecule has 1 aliphatic rings. The molecule has 2 aromatic rings. The topological polar surface area (TPSA) is 122 Å². The Bertz CT molecular complexity index is 1180. The second-order valence-electron chi connectivity index (χ2n) is 7.44. The summed E-state index contributed by atoms with van der Waals surface area (Å²) in [6, 6.07) is 10.2. The van der Waals surface area contributed by atoms with Crippen LogP contribution in [0.25, 0.3) is 6.08 Å². The average Bonchev–Trinajstić information content (AvgIpc) is 3.03. The molecule has 0 aromatic heterocycles. The minimum absolute atomic E-state index is 0.158. The molecule has 9 nitrogen and oxygen atoms in total. The van der Waals surface area contributed by atoms with Crippen molar-refractivity contribution in [3.8, 4) is 11.5 Å². The van der Waals surface area contributed by atoms with Crippen molar-refractivity contribution in [2.45, 2.75) is 20.8 Å². The number of nitrogens with one attached hydrogen (secondary N) is 1. The number of carboxylic acid groups (broad SMARTS) is 1. The number of hydrogen-bond acceptors (Lipinski definition) is 7. The van der Waals surface area contributed by atoms with Crippen molar-refractivity contribution in [2.24, 2.45) is 0 Å². The van der Waals surface area contributed by atoms with Crippen LogP contribution in [0.1, 0.15) is 23.6 Å². The summed E-state index contributed by atoms with van der Waals surface area (Å²) in [5.41, 5.74) is 3.24. The number of carbonyl (C=O) groups excluding carboxylic acids is 3. The Balaban J connectivity index is 1.72.